The van der Waals surface area contributed by atoms with Crippen LogP contribution in [0.2, 0.25) is 0 Å². The molecule has 16 nitrogen and oxygen atoms in total. The molecule has 0 radical (unpaired) electrons. The van der Waals surface area contributed by atoms with Crippen LogP contribution in [0.1, 0.15) is 48.5 Å². The zero-order chi connectivity index (χ0) is 39.1. The number of aromatic nitrogens is 2. The number of rotatable bonds is 11. The normalized spacial score (nSPS) is 12.6. The Hall–Kier alpha value is -6.29. The van der Waals surface area contributed by atoms with E-state index in [-0.39, 0.29) is 35.2 Å². The molecule has 0 aliphatic heterocycles. The summed E-state index contributed by atoms with van der Waals surface area (Å²) < 4.78 is 5.23. The van der Waals surface area contributed by atoms with Crippen molar-refractivity contribution in [2.24, 2.45) is 38.0 Å². The van der Waals surface area contributed by atoms with E-state index in [1.807, 2.05) is 88.4 Å². The number of hydrogen-bond acceptors (Lipinski definition) is 13. The average Bonchev–Trinajstić information content (AvgIpc) is 3.09. The quantitative estimate of drug-likeness (QED) is 0.0833. The fraction of sp³-hybridized carbons (Fsp3) is 0.324. The fourth-order valence-electron chi connectivity index (χ4n) is 4.14. The summed E-state index contributed by atoms with van der Waals surface area (Å²) in [5.74, 6) is 0.0106. The molecule has 9 N–H and O–H groups in total. The Balaban J connectivity index is 0.000000295. The first-order valence-corrected chi connectivity index (χ1v) is 16.9. The topological polar surface area (TPSA) is 250 Å². The molecule has 2 aromatic heterocycles. The van der Waals surface area contributed by atoms with Gasteiger partial charge in [0, 0.05) is 0 Å². The zero-order valence-corrected chi connectivity index (χ0v) is 30.9. The summed E-state index contributed by atoms with van der Waals surface area (Å²) in [5, 5.41) is 24.2. The number of nitrogen functional groups attached to an aromatic ring is 2. The van der Waals surface area contributed by atoms with Crippen molar-refractivity contribution in [2.75, 3.05) is 22.1 Å². The number of nitrogens with zero attached hydrogens (tertiary/aromatic N) is 6. The molecule has 3 amide bonds. The molecule has 4 aromatic rings. The first-order valence-electron chi connectivity index (χ1n) is 16.9. The summed E-state index contributed by atoms with van der Waals surface area (Å²) >= 11 is 0. The minimum Gasteiger partial charge on any atom is -0.444 e. The van der Waals surface area contributed by atoms with Crippen LogP contribution < -0.4 is 33.2 Å². The monoisotopic (exact) mass is 724 g/mol. The Kier molecular flexibility index (Phi) is 15.0. The third-order valence-corrected chi connectivity index (χ3v) is 7.01. The largest absolute Gasteiger partial charge is 0.444 e. The molecule has 0 fully saturated rings. The van der Waals surface area contributed by atoms with Gasteiger partial charge < -0.3 is 37.9 Å². The smallest absolute Gasteiger partial charge is 0.408 e. The predicted octanol–water partition coefficient (Wildman–Crippen LogP) is 7.57. The van der Waals surface area contributed by atoms with Gasteiger partial charge in [-0.1, -0.05) is 64.1 Å². The van der Waals surface area contributed by atoms with Gasteiger partial charge in [-0.25, -0.2) is 14.8 Å². The van der Waals surface area contributed by atoms with Gasteiger partial charge in [-0.15, -0.1) is 10.2 Å². The molecular formula is C37H48N12O4. The van der Waals surface area contributed by atoms with Crippen molar-refractivity contribution in [3.05, 3.63) is 84.9 Å². The third kappa shape index (κ3) is 14.1. The molecule has 280 valence electrons. The lowest BCUT2D eigenvalue weighted by Crippen LogP contribution is -2.48. The van der Waals surface area contributed by atoms with Gasteiger partial charge in [0.1, 0.15) is 34.7 Å². The molecule has 0 aliphatic carbocycles. The molecule has 16 heteroatoms. The van der Waals surface area contributed by atoms with E-state index in [1.165, 1.54) is 0 Å². The van der Waals surface area contributed by atoms with Crippen LogP contribution in [0, 0.1) is 11.8 Å². The van der Waals surface area contributed by atoms with Gasteiger partial charge >= 0.3 is 6.09 Å². The SMILES string of the molecule is CC(C)[C@H](N)C(=O)Nc1ccc(N=Nc2ccccc2)c(N)n1.CC(C)[C@H](NC(=O)OC(C)(C)C)C(=O)Nc1ccc(N=Nc2ccccc2)c(N)n1. The van der Waals surface area contributed by atoms with E-state index in [0.717, 1.165) is 0 Å². The Morgan fingerprint density at radius 2 is 1.08 bits per heavy atom. The molecule has 0 aliphatic rings. The molecule has 2 heterocycles. The number of alkyl carbamates (subject to hydrolysis) is 1. The zero-order valence-electron chi connectivity index (χ0n) is 30.9. The number of nitrogens with two attached hydrogens (primary N) is 3. The highest BCUT2D eigenvalue weighted by atomic mass is 16.6. The van der Waals surface area contributed by atoms with E-state index in [0.29, 0.717) is 28.6 Å². The molecular weight excluding hydrogens is 676 g/mol. The van der Waals surface area contributed by atoms with Crippen LogP contribution in [0.15, 0.2) is 105 Å². The van der Waals surface area contributed by atoms with Crippen LogP contribution >= 0.6 is 0 Å². The van der Waals surface area contributed by atoms with Gasteiger partial charge in [-0.05, 0) is 81.1 Å². The number of benzene rings is 2. The Bertz CT molecular complexity index is 1880. The first-order chi connectivity index (χ1) is 25.0. The molecule has 2 aromatic carbocycles. The maximum atomic E-state index is 12.7. The van der Waals surface area contributed by atoms with Crippen molar-refractivity contribution in [2.45, 2.75) is 66.2 Å². The second-order valence-electron chi connectivity index (χ2n) is 13.4. The summed E-state index contributed by atoms with van der Waals surface area (Å²) in [6.45, 7) is 12.6. The number of azo groups is 2. The number of amides is 3. The standard InChI is InChI=1S/C21H28N6O3.C16H20N6O/c1-13(2)17(25-20(29)30-21(3,4)5)19(28)24-16-12-11-15(18(22)23-16)27-26-14-9-7-6-8-10-14;1-10(2)14(17)16(23)20-13-9-8-12(15(18)19-13)22-21-11-6-4-3-5-7-11/h6-13,17H,1-5H3,(H,25,29)(H3,22,23,24,28);3-10,14H,17H2,1-2H3,(H3,18,19,20,23)/t17-;14-/m00/s1. The van der Waals surface area contributed by atoms with Crippen molar-refractivity contribution in [3.63, 3.8) is 0 Å². The predicted molar refractivity (Wildman–Crippen MR) is 207 cm³/mol. The van der Waals surface area contributed by atoms with E-state index >= 15 is 0 Å². The molecule has 2 atom stereocenters. The lowest BCUT2D eigenvalue weighted by Gasteiger charge is -2.25. The van der Waals surface area contributed by atoms with Gasteiger partial charge in [-0.2, -0.15) is 10.2 Å². The van der Waals surface area contributed by atoms with E-state index in [1.54, 1.807) is 45.0 Å². The average molecular weight is 725 g/mol. The molecule has 0 saturated carbocycles. The van der Waals surface area contributed by atoms with E-state index in [4.69, 9.17) is 21.9 Å². The van der Waals surface area contributed by atoms with Crippen molar-refractivity contribution in [3.8, 4) is 0 Å². The van der Waals surface area contributed by atoms with Gasteiger partial charge in [-0.3, -0.25) is 9.59 Å². The summed E-state index contributed by atoms with van der Waals surface area (Å²) in [4.78, 5) is 44.9. The van der Waals surface area contributed by atoms with Gasteiger partial charge in [0.2, 0.25) is 11.8 Å². The second-order valence-corrected chi connectivity index (χ2v) is 13.4. The van der Waals surface area contributed by atoms with E-state index in [2.05, 4.69) is 46.4 Å². The summed E-state index contributed by atoms with van der Waals surface area (Å²) in [5.41, 5.74) is 19.1. The lowest BCUT2D eigenvalue weighted by molar-refractivity contribution is -0.119. The highest BCUT2D eigenvalue weighted by Crippen LogP contribution is 2.26. The number of carbonyl (C=O) groups excluding carboxylic acids is 3. The maximum Gasteiger partial charge on any atom is 0.408 e. The summed E-state index contributed by atoms with van der Waals surface area (Å²) in [7, 11) is 0. The van der Waals surface area contributed by atoms with Gasteiger partial charge in [0.15, 0.2) is 11.6 Å². The van der Waals surface area contributed by atoms with Crippen LogP contribution in [-0.2, 0) is 14.3 Å². The first kappa shape index (κ1) is 41.1. The van der Waals surface area contributed by atoms with Crippen molar-refractivity contribution in [1.82, 2.24) is 15.3 Å². The maximum absolute atomic E-state index is 12.7. The number of hydrogen-bond donors (Lipinski definition) is 6. The molecule has 53 heavy (non-hydrogen) atoms. The van der Waals surface area contributed by atoms with Crippen molar-refractivity contribution >= 4 is 63.9 Å². The second kappa shape index (κ2) is 19.4. The minimum atomic E-state index is -0.805. The van der Waals surface area contributed by atoms with Crippen molar-refractivity contribution in [1.29, 1.82) is 0 Å². The minimum absolute atomic E-state index is 0.0336. The van der Waals surface area contributed by atoms with Crippen molar-refractivity contribution < 1.29 is 19.1 Å². The van der Waals surface area contributed by atoms with E-state index in [9.17, 15) is 14.4 Å². The van der Waals surface area contributed by atoms with Crippen LogP contribution in [0.5, 0.6) is 0 Å². The van der Waals surface area contributed by atoms with E-state index < -0.39 is 29.7 Å². The molecule has 4 rings (SSSR count). The van der Waals surface area contributed by atoms with Crippen LogP contribution in [0.4, 0.5) is 50.8 Å². The van der Waals surface area contributed by atoms with Crippen LogP contribution in [0.3, 0.4) is 0 Å². The Morgan fingerprint density at radius 1 is 0.642 bits per heavy atom. The highest BCUT2D eigenvalue weighted by molar-refractivity contribution is 5.96. The highest BCUT2D eigenvalue weighted by Gasteiger charge is 2.27. The van der Waals surface area contributed by atoms with Gasteiger partial charge in [0.05, 0.1) is 17.4 Å². The lowest BCUT2D eigenvalue weighted by atomic mass is 10.0. The fourth-order valence-corrected chi connectivity index (χ4v) is 4.14. The number of pyridine rings is 2. The van der Waals surface area contributed by atoms with Crippen LogP contribution in [-0.4, -0.2) is 45.6 Å². The number of carbonyl (C=O) groups is 3. The Morgan fingerprint density at radius 3 is 1.45 bits per heavy atom. The van der Waals surface area contributed by atoms with Crippen LogP contribution in [0.25, 0.3) is 0 Å². The van der Waals surface area contributed by atoms with Gasteiger partial charge in [0.25, 0.3) is 0 Å². The number of nitrogens with one attached hydrogen (secondary N) is 3. The third-order valence-electron chi connectivity index (χ3n) is 7.01. The number of ether oxygens (including phenoxy) is 1. The molecule has 0 saturated heterocycles. The molecule has 0 spiro atoms. The summed E-state index contributed by atoms with van der Waals surface area (Å²) in [6.07, 6.45) is -0.666. The molecule has 0 unspecified atom stereocenters. The summed E-state index contributed by atoms with van der Waals surface area (Å²) in [6, 6.07) is 23.5. The number of anilines is 4. The Labute approximate surface area is 309 Å². The molecule has 0 bridgehead atoms.